The molecule has 0 radical (unpaired) electrons. The first kappa shape index (κ1) is 17.5. The topological polar surface area (TPSA) is 59.8 Å². The number of aromatic nitrogens is 3. The fourth-order valence-corrected chi connectivity index (χ4v) is 3.84. The average Bonchev–Trinajstić information content (AvgIpc) is 3.01. The standard InChI is InChI=1S/C18H13F3N4OS/c1-10-2-4-11(5-3-10)25-9-24-14-13-12(23-8-18(19,20)21)6-7-22-16(13)27-15(14)17(25)26/h2-7,9H,8H2,1H3,(H,22,23). The SMILES string of the molecule is Cc1ccc(-n2cnc3c(sc4nccc(NCC(F)(F)F)c43)c2=O)cc1. The number of fused-ring (bicyclic) bond motifs is 3. The molecule has 0 spiro atoms. The average molecular weight is 390 g/mol. The van der Waals surface area contributed by atoms with Crippen LogP contribution in [0.2, 0.25) is 0 Å². The lowest BCUT2D eigenvalue weighted by Gasteiger charge is -2.10. The maximum Gasteiger partial charge on any atom is 0.405 e. The smallest absolute Gasteiger partial charge is 0.376 e. The first-order chi connectivity index (χ1) is 12.8. The van der Waals surface area contributed by atoms with Gasteiger partial charge in [-0.1, -0.05) is 17.7 Å². The van der Waals surface area contributed by atoms with Crippen LogP contribution >= 0.6 is 11.3 Å². The van der Waals surface area contributed by atoms with Crippen molar-refractivity contribution in [2.45, 2.75) is 13.1 Å². The number of benzene rings is 1. The molecule has 0 bridgehead atoms. The van der Waals surface area contributed by atoms with E-state index in [-0.39, 0.29) is 11.2 Å². The Balaban J connectivity index is 1.88. The molecule has 1 N–H and O–H groups in total. The Morgan fingerprint density at radius 3 is 2.59 bits per heavy atom. The molecule has 138 valence electrons. The zero-order valence-corrected chi connectivity index (χ0v) is 14.9. The molecule has 4 rings (SSSR count). The van der Waals surface area contributed by atoms with Crippen LogP contribution in [0.4, 0.5) is 18.9 Å². The molecule has 0 aliphatic heterocycles. The van der Waals surface area contributed by atoms with Gasteiger partial charge in [0.2, 0.25) is 0 Å². The highest BCUT2D eigenvalue weighted by molar-refractivity contribution is 7.25. The third-order valence-corrected chi connectivity index (χ3v) is 5.15. The number of anilines is 1. The molecule has 3 heterocycles. The summed E-state index contributed by atoms with van der Waals surface area (Å²) in [5.74, 6) is 0. The summed E-state index contributed by atoms with van der Waals surface area (Å²) < 4.78 is 39.5. The molecule has 0 aliphatic rings. The maximum atomic E-state index is 12.9. The van der Waals surface area contributed by atoms with Crippen LogP contribution in [0.15, 0.2) is 47.7 Å². The number of alkyl halides is 3. The molecular formula is C18H13F3N4OS. The Bertz CT molecular complexity index is 1200. The second kappa shape index (κ2) is 6.34. The van der Waals surface area contributed by atoms with E-state index >= 15 is 0 Å². The zero-order chi connectivity index (χ0) is 19.2. The first-order valence-electron chi connectivity index (χ1n) is 8.00. The summed E-state index contributed by atoms with van der Waals surface area (Å²) in [6.45, 7) is 0.769. The van der Waals surface area contributed by atoms with Crippen molar-refractivity contribution in [3.05, 3.63) is 58.8 Å². The van der Waals surface area contributed by atoms with E-state index in [1.807, 2.05) is 31.2 Å². The quantitative estimate of drug-likeness (QED) is 0.567. The van der Waals surface area contributed by atoms with Gasteiger partial charge in [-0.25, -0.2) is 9.97 Å². The molecule has 3 aromatic heterocycles. The highest BCUT2D eigenvalue weighted by atomic mass is 32.1. The Hall–Kier alpha value is -2.94. The summed E-state index contributed by atoms with van der Waals surface area (Å²) in [6.07, 6.45) is -1.55. The monoisotopic (exact) mass is 390 g/mol. The molecule has 27 heavy (non-hydrogen) atoms. The number of halogens is 3. The molecule has 0 aliphatic carbocycles. The third kappa shape index (κ3) is 3.25. The lowest BCUT2D eigenvalue weighted by molar-refractivity contribution is -0.115. The number of hydrogen-bond acceptors (Lipinski definition) is 5. The summed E-state index contributed by atoms with van der Waals surface area (Å²) in [5, 5.41) is 2.80. The van der Waals surface area contributed by atoms with Gasteiger partial charge >= 0.3 is 6.18 Å². The van der Waals surface area contributed by atoms with Crippen molar-refractivity contribution in [2.75, 3.05) is 11.9 Å². The third-order valence-electron chi connectivity index (χ3n) is 4.07. The molecule has 0 saturated heterocycles. The maximum absolute atomic E-state index is 12.9. The highest BCUT2D eigenvalue weighted by Gasteiger charge is 2.27. The minimum absolute atomic E-state index is 0.253. The molecule has 0 amide bonds. The Labute approximate surface area is 155 Å². The van der Waals surface area contributed by atoms with E-state index in [0.717, 1.165) is 16.9 Å². The fourth-order valence-electron chi connectivity index (χ4n) is 2.78. The van der Waals surface area contributed by atoms with Crippen molar-refractivity contribution >= 4 is 37.5 Å². The van der Waals surface area contributed by atoms with Crippen LogP contribution in [-0.2, 0) is 0 Å². The lowest BCUT2D eigenvalue weighted by Crippen LogP contribution is -2.21. The summed E-state index contributed by atoms with van der Waals surface area (Å²) in [5.41, 5.74) is 2.05. The van der Waals surface area contributed by atoms with Crippen molar-refractivity contribution in [3.63, 3.8) is 0 Å². The van der Waals surface area contributed by atoms with Gasteiger partial charge in [0.1, 0.15) is 22.4 Å². The number of aryl methyl sites for hydroxylation is 1. The van der Waals surface area contributed by atoms with Crippen LogP contribution in [-0.4, -0.2) is 27.3 Å². The number of pyridine rings is 1. The fraction of sp³-hybridized carbons (Fsp3) is 0.167. The predicted molar refractivity (Wildman–Crippen MR) is 99.8 cm³/mol. The Morgan fingerprint density at radius 1 is 1.15 bits per heavy atom. The largest absolute Gasteiger partial charge is 0.405 e. The molecular weight excluding hydrogens is 377 g/mol. The van der Waals surface area contributed by atoms with Crippen LogP contribution < -0.4 is 10.9 Å². The van der Waals surface area contributed by atoms with Crippen molar-refractivity contribution in [1.29, 1.82) is 0 Å². The van der Waals surface area contributed by atoms with Gasteiger partial charge in [-0.2, -0.15) is 13.2 Å². The van der Waals surface area contributed by atoms with Gasteiger partial charge in [-0.05, 0) is 25.1 Å². The molecule has 4 aromatic rings. The van der Waals surface area contributed by atoms with Crippen LogP contribution in [0.25, 0.3) is 26.1 Å². The van der Waals surface area contributed by atoms with Crippen LogP contribution in [0.3, 0.4) is 0 Å². The van der Waals surface area contributed by atoms with Gasteiger partial charge in [0.25, 0.3) is 5.56 Å². The molecule has 9 heteroatoms. The first-order valence-corrected chi connectivity index (χ1v) is 8.82. The summed E-state index contributed by atoms with van der Waals surface area (Å²) in [4.78, 5) is 21.9. The Morgan fingerprint density at radius 2 is 1.89 bits per heavy atom. The summed E-state index contributed by atoms with van der Waals surface area (Å²) in [7, 11) is 0. The minimum Gasteiger partial charge on any atom is -0.376 e. The van der Waals surface area contributed by atoms with E-state index < -0.39 is 12.7 Å². The normalized spacial score (nSPS) is 12.0. The van der Waals surface area contributed by atoms with E-state index in [1.54, 1.807) is 0 Å². The van der Waals surface area contributed by atoms with Gasteiger partial charge in [0.05, 0.1) is 16.6 Å². The van der Waals surface area contributed by atoms with E-state index in [1.165, 1.54) is 23.2 Å². The predicted octanol–water partition coefficient (Wildman–Crippen LogP) is 4.28. The number of hydrogen-bond donors (Lipinski definition) is 1. The second-order valence-electron chi connectivity index (χ2n) is 6.04. The van der Waals surface area contributed by atoms with Crippen LogP contribution in [0.5, 0.6) is 0 Å². The van der Waals surface area contributed by atoms with Gasteiger partial charge in [-0.15, -0.1) is 11.3 Å². The van der Waals surface area contributed by atoms with Crippen molar-refractivity contribution in [2.24, 2.45) is 0 Å². The minimum atomic E-state index is -4.35. The van der Waals surface area contributed by atoms with Gasteiger partial charge < -0.3 is 5.32 Å². The molecule has 0 unspecified atom stereocenters. The van der Waals surface area contributed by atoms with Gasteiger partial charge in [-0.3, -0.25) is 9.36 Å². The second-order valence-corrected chi connectivity index (χ2v) is 7.04. The number of rotatable bonds is 3. The van der Waals surface area contributed by atoms with Crippen LogP contribution in [0, 0.1) is 6.92 Å². The van der Waals surface area contributed by atoms with Gasteiger partial charge in [0, 0.05) is 11.9 Å². The summed E-state index contributed by atoms with van der Waals surface area (Å²) in [6, 6.07) is 8.85. The number of nitrogens with one attached hydrogen (secondary N) is 1. The molecule has 0 atom stereocenters. The van der Waals surface area contributed by atoms with Crippen LogP contribution in [0.1, 0.15) is 5.56 Å². The zero-order valence-electron chi connectivity index (χ0n) is 14.0. The van der Waals surface area contributed by atoms with Crippen molar-refractivity contribution in [1.82, 2.24) is 14.5 Å². The molecule has 0 fully saturated rings. The highest BCUT2D eigenvalue weighted by Crippen LogP contribution is 2.34. The number of thiophene rings is 1. The van der Waals surface area contributed by atoms with Crippen molar-refractivity contribution in [3.8, 4) is 5.69 Å². The molecule has 1 aromatic carbocycles. The van der Waals surface area contributed by atoms with E-state index in [2.05, 4.69) is 15.3 Å². The van der Waals surface area contributed by atoms with E-state index in [4.69, 9.17) is 0 Å². The Kier molecular flexibility index (Phi) is 4.11. The lowest BCUT2D eigenvalue weighted by atomic mass is 10.2. The summed E-state index contributed by atoms with van der Waals surface area (Å²) >= 11 is 1.12. The van der Waals surface area contributed by atoms with E-state index in [9.17, 15) is 18.0 Å². The van der Waals surface area contributed by atoms with E-state index in [0.29, 0.717) is 26.1 Å². The van der Waals surface area contributed by atoms with Crippen molar-refractivity contribution < 1.29 is 13.2 Å². The molecule has 5 nitrogen and oxygen atoms in total. The number of nitrogens with zero attached hydrogens (tertiary/aromatic N) is 3. The molecule has 0 saturated carbocycles. The van der Waals surface area contributed by atoms with Gasteiger partial charge in [0.15, 0.2) is 0 Å².